The fourth-order valence-corrected chi connectivity index (χ4v) is 2.21. The van der Waals surface area contributed by atoms with Crippen molar-refractivity contribution in [3.63, 3.8) is 0 Å². The smallest absolute Gasteiger partial charge is 0.127 e. The van der Waals surface area contributed by atoms with Crippen LogP contribution >= 0.6 is 0 Å². The van der Waals surface area contributed by atoms with Crippen molar-refractivity contribution in [1.82, 2.24) is 0 Å². The van der Waals surface area contributed by atoms with Gasteiger partial charge < -0.3 is 14.3 Å². The van der Waals surface area contributed by atoms with Crippen LogP contribution in [-0.2, 0) is 6.61 Å². The zero-order valence-electron chi connectivity index (χ0n) is 12.9. The van der Waals surface area contributed by atoms with Crippen LogP contribution in [0.2, 0.25) is 0 Å². The zero-order valence-corrected chi connectivity index (χ0v) is 12.9. The Morgan fingerprint density at radius 1 is 1.00 bits per heavy atom. The highest BCUT2D eigenvalue weighted by Gasteiger charge is 2.02. The number of hydrogen-bond donors (Lipinski definition) is 1. The third kappa shape index (κ3) is 4.04. The van der Waals surface area contributed by atoms with Crippen LogP contribution in [0.1, 0.15) is 22.6 Å². The topological polar surface area (TPSA) is 42.6 Å². The summed E-state index contributed by atoms with van der Waals surface area (Å²) in [6.07, 6.45) is 3.64. The maximum absolute atomic E-state index is 10.1. The average Bonchev–Trinajstić information content (AvgIpc) is 2.98. The van der Waals surface area contributed by atoms with Gasteiger partial charge in [0.1, 0.15) is 29.6 Å². The van der Waals surface area contributed by atoms with E-state index in [0.717, 1.165) is 17.1 Å². The standard InChI is InChI=1S/C20H18O3/c1-15-7-10-18(23-15)11-8-17-9-12-19(13-20(17)21)22-14-16-5-3-2-4-6-16/h2-13,21H,14H2,1H3/b11-8+. The second-order valence-corrected chi connectivity index (χ2v) is 5.28. The molecule has 0 radical (unpaired) electrons. The second-order valence-electron chi connectivity index (χ2n) is 5.28. The molecule has 3 aromatic rings. The van der Waals surface area contributed by atoms with Crippen LogP contribution in [0.25, 0.3) is 12.2 Å². The van der Waals surface area contributed by atoms with E-state index in [-0.39, 0.29) is 5.75 Å². The van der Waals surface area contributed by atoms with Crippen LogP contribution in [0, 0.1) is 6.92 Å². The van der Waals surface area contributed by atoms with Crippen molar-refractivity contribution in [1.29, 1.82) is 0 Å². The SMILES string of the molecule is Cc1ccc(/C=C/c2ccc(OCc3ccccc3)cc2O)o1. The summed E-state index contributed by atoms with van der Waals surface area (Å²) in [4.78, 5) is 0. The van der Waals surface area contributed by atoms with Gasteiger partial charge in [-0.3, -0.25) is 0 Å². The Morgan fingerprint density at radius 3 is 2.52 bits per heavy atom. The van der Waals surface area contributed by atoms with Crippen LogP contribution in [0.5, 0.6) is 11.5 Å². The Labute approximate surface area is 135 Å². The highest BCUT2D eigenvalue weighted by molar-refractivity contribution is 5.71. The van der Waals surface area contributed by atoms with E-state index < -0.39 is 0 Å². The minimum Gasteiger partial charge on any atom is -0.507 e. The van der Waals surface area contributed by atoms with Crippen molar-refractivity contribution in [3.8, 4) is 11.5 Å². The summed E-state index contributed by atoms with van der Waals surface area (Å²) in [6, 6.07) is 19.0. The molecule has 0 atom stereocenters. The molecule has 0 fully saturated rings. The molecule has 0 bridgehead atoms. The molecule has 0 spiro atoms. The molecule has 1 N–H and O–H groups in total. The first kappa shape index (κ1) is 15.0. The monoisotopic (exact) mass is 306 g/mol. The number of aromatic hydroxyl groups is 1. The molecule has 1 aromatic heterocycles. The maximum atomic E-state index is 10.1. The molecule has 0 unspecified atom stereocenters. The summed E-state index contributed by atoms with van der Waals surface area (Å²) in [5, 5.41) is 10.1. The van der Waals surface area contributed by atoms with Crippen molar-refractivity contribution >= 4 is 12.2 Å². The maximum Gasteiger partial charge on any atom is 0.127 e. The van der Waals surface area contributed by atoms with Gasteiger partial charge in [0.15, 0.2) is 0 Å². The van der Waals surface area contributed by atoms with Gasteiger partial charge in [0.25, 0.3) is 0 Å². The van der Waals surface area contributed by atoms with E-state index in [1.165, 1.54) is 0 Å². The van der Waals surface area contributed by atoms with Crippen molar-refractivity contribution in [2.45, 2.75) is 13.5 Å². The van der Waals surface area contributed by atoms with E-state index in [1.807, 2.05) is 73.7 Å². The predicted molar refractivity (Wildman–Crippen MR) is 91.3 cm³/mol. The first-order valence-corrected chi connectivity index (χ1v) is 7.45. The number of benzene rings is 2. The van der Waals surface area contributed by atoms with Crippen LogP contribution in [0.15, 0.2) is 65.1 Å². The summed E-state index contributed by atoms with van der Waals surface area (Å²) in [7, 11) is 0. The van der Waals surface area contributed by atoms with Crippen molar-refractivity contribution < 1.29 is 14.3 Å². The fourth-order valence-electron chi connectivity index (χ4n) is 2.21. The van der Waals surface area contributed by atoms with Crippen LogP contribution in [0.4, 0.5) is 0 Å². The van der Waals surface area contributed by atoms with Crippen LogP contribution < -0.4 is 4.74 Å². The molecule has 0 saturated heterocycles. The molecule has 0 aliphatic heterocycles. The first-order valence-electron chi connectivity index (χ1n) is 7.45. The molecule has 1 heterocycles. The second kappa shape index (κ2) is 6.88. The van der Waals surface area contributed by atoms with Crippen molar-refractivity contribution in [3.05, 3.63) is 83.3 Å². The molecule has 3 heteroatoms. The number of rotatable bonds is 5. The van der Waals surface area contributed by atoms with Crippen LogP contribution in [-0.4, -0.2) is 5.11 Å². The van der Waals surface area contributed by atoms with E-state index in [0.29, 0.717) is 17.9 Å². The van der Waals surface area contributed by atoms with Crippen molar-refractivity contribution in [2.75, 3.05) is 0 Å². The summed E-state index contributed by atoms with van der Waals surface area (Å²) >= 11 is 0. The molecule has 0 saturated carbocycles. The molecule has 2 aromatic carbocycles. The highest BCUT2D eigenvalue weighted by Crippen LogP contribution is 2.26. The lowest BCUT2D eigenvalue weighted by molar-refractivity contribution is 0.304. The number of furan rings is 1. The zero-order chi connectivity index (χ0) is 16.1. The largest absolute Gasteiger partial charge is 0.507 e. The number of hydrogen-bond acceptors (Lipinski definition) is 3. The molecule has 3 nitrogen and oxygen atoms in total. The third-order valence-corrected chi connectivity index (χ3v) is 3.44. The fraction of sp³-hybridized carbons (Fsp3) is 0.100. The quantitative estimate of drug-likeness (QED) is 0.718. The number of ether oxygens (including phenoxy) is 1. The Bertz CT molecular complexity index is 801. The van der Waals surface area contributed by atoms with Gasteiger partial charge in [-0.2, -0.15) is 0 Å². The lowest BCUT2D eigenvalue weighted by Gasteiger charge is -2.08. The Hall–Kier alpha value is -2.94. The van der Waals surface area contributed by atoms with E-state index >= 15 is 0 Å². The van der Waals surface area contributed by atoms with Gasteiger partial charge in [0.05, 0.1) is 0 Å². The predicted octanol–water partition coefficient (Wildman–Crippen LogP) is 5.04. The molecule has 3 rings (SSSR count). The molecule has 0 amide bonds. The summed E-state index contributed by atoms with van der Waals surface area (Å²) < 4.78 is 11.2. The minimum atomic E-state index is 0.176. The summed E-state index contributed by atoms with van der Waals surface area (Å²) in [5.41, 5.74) is 1.80. The normalized spacial score (nSPS) is 11.0. The summed E-state index contributed by atoms with van der Waals surface area (Å²) in [5.74, 6) is 2.43. The van der Waals surface area contributed by atoms with Crippen LogP contribution in [0.3, 0.4) is 0 Å². The van der Waals surface area contributed by atoms with Gasteiger partial charge in [-0.1, -0.05) is 30.3 Å². The minimum absolute atomic E-state index is 0.176. The number of aryl methyl sites for hydroxylation is 1. The van der Waals surface area contributed by atoms with Gasteiger partial charge in [-0.25, -0.2) is 0 Å². The Morgan fingerprint density at radius 2 is 1.83 bits per heavy atom. The average molecular weight is 306 g/mol. The Balaban J connectivity index is 1.67. The first-order chi connectivity index (χ1) is 11.2. The molecule has 0 aliphatic rings. The lowest BCUT2D eigenvalue weighted by Crippen LogP contribution is -1.94. The molecule has 116 valence electrons. The van der Waals surface area contributed by atoms with Crippen molar-refractivity contribution in [2.24, 2.45) is 0 Å². The third-order valence-electron chi connectivity index (χ3n) is 3.44. The van der Waals surface area contributed by atoms with Gasteiger partial charge in [-0.15, -0.1) is 0 Å². The van der Waals surface area contributed by atoms with E-state index in [9.17, 15) is 5.11 Å². The van der Waals surface area contributed by atoms with E-state index in [2.05, 4.69) is 0 Å². The van der Waals surface area contributed by atoms with Gasteiger partial charge in [0.2, 0.25) is 0 Å². The lowest BCUT2D eigenvalue weighted by atomic mass is 10.1. The summed E-state index contributed by atoms with van der Waals surface area (Å²) in [6.45, 7) is 2.37. The number of phenols is 1. The highest BCUT2D eigenvalue weighted by atomic mass is 16.5. The molecular weight excluding hydrogens is 288 g/mol. The van der Waals surface area contributed by atoms with Gasteiger partial charge in [-0.05, 0) is 48.9 Å². The molecular formula is C20H18O3. The van der Waals surface area contributed by atoms with E-state index in [4.69, 9.17) is 9.15 Å². The van der Waals surface area contributed by atoms with E-state index in [1.54, 1.807) is 6.07 Å². The Kier molecular flexibility index (Phi) is 4.48. The van der Waals surface area contributed by atoms with Gasteiger partial charge in [0, 0.05) is 11.6 Å². The molecule has 23 heavy (non-hydrogen) atoms. The molecule has 0 aliphatic carbocycles. The van der Waals surface area contributed by atoms with Gasteiger partial charge >= 0.3 is 0 Å². The number of phenolic OH excluding ortho intramolecular Hbond substituents is 1.